The average molecular weight is 479 g/mol. The number of alkyl halides is 3. The highest BCUT2D eigenvalue weighted by Gasteiger charge is 2.26. The Morgan fingerprint density at radius 1 is 1.18 bits per heavy atom. The fourth-order valence-corrected chi connectivity index (χ4v) is 4.17. The van der Waals surface area contributed by atoms with Gasteiger partial charge < -0.3 is 19.4 Å². The van der Waals surface area contributed by atoms with Gasteiger partial charge in [0, 0.05) is 45.1 Å². The van der Waals surface area contributed by atoms with Crippen LogP contribution in [0.15, 0.2) is 29.5 Å². The van der Waals surface area contributed by atoms with Crippen LogP contribution >= 0.6 is 0 Å². The van der Waals surface area contributed by atoms with Gasteiger partial charge in [0.1, 0.15) is 11.3 Å². The number of halogens is 3. The summed E-state index contributed by atoms with van der Waals surface area (Å²) >= 11 is 0. The SMILES string of the molecule is COc1cc(Nc2cc(OC3CCC(C=NCCC(F)(F)F)CC3)cc3c2ncn3C)nn1C. The third-order valence-corrected chi connectivity index (χ3v) is 5.97. The lowest BCUT2D eigenvalue weighted by Crippen LogP contribution is -2.24. The molecule has 0 saturated heterocycles. The van der Waals surface area contributed by atoms with Crippen LogP contribution in [0.3, 0.4) is 0 Å². The van der Waals surface area contributed by atoms with Gasteiger partial charge in [-0.25, -0.2) is 9.67 Å². The van der Waals surface area contributed by atoms with Crippen molar-refractivity contribution in [2.45, 2.75) is 44.4 Å². The molecule has 1 N–H and O–H groups in total. The van der Waals surface area contributed by atoms with Crippen molar-refractivity contribution in [2.75, 3.05) is 19.0 Å². The van der Waals surface area contributed by atoms with Crippen molar-refractivity contribution in [2.24, 2.45) is 25.0 Å². The van der Waals surface area contributed by atoms with E-state index in [0.29, 0.717) is 11.7 Å². The second-order valence-corrected chi connectivity index (χ2v) is 8.59. The standard InChI is InChI=1S/C23H29F3N6O2/c1-31-14-28-22-18(29-20-12-21(33-3)32(2)30-20)10-17(11-19(22)31)34-16-6-4-15(5-7-16)13-27-9-8-23(24,25)26/h10-16H,4-9H2,1-3H3,(H,29,30). The van der Waals surface area contributed by atoms with E-state index in [2.05, 4.69) is 20.4 Å². The summed E-state index contributed by atoms with van der Waals surface area (Å²) in [6, 6.07) is 5.69. The van der Waals surface area contributed by atoms with Gasteiger partial charge in [-0.05, 0) is 31.6 Å². The summed E-state index contributed by atoms with van der Waals surface area (Å²) in [4.78, 5) is 8.48. The van der Waals surface area contributed by atoms with Crippen molar-refractivity contribution >= 4 is 28.8 Å². The first kappa shape index (κ1) is 23.9. The minimum atomic E-state index is -4.16. The Hall–Kier alpha value is -3.24. The Morgan fingerprint density at radius 3 is 2.62 bits per heavy atom. The van der Waals surface area contributed by atoms with Gasteiger partial charge in [-0.3, -0.25) is 4.99 Å². The van der Waals surface area contributed by atoms with Crippen LogP contribution in [0.25, 0.3) is 11.0 Å². The molecule has 11 heteroatoms. The molecule has 8 nitrogen and oxygen atoms in total. The maximum atomic E-state index is 12.3. The van der Waals surface area contributed by atoms with Gasteiger partial charge in [-0.2, -0.15) is 18.3 Å². The van der Waals surface area contributed by atoms with Crippen LogP contribution in [0.4, 0.5) is 24.7 Å². The van der Waals surface area contributed by atoms with Crippen LogP contribution < -0.4 is 14.8 Å². The minimum absolute atomic E-state index is 0.0355. The van der Waals surface area contributed by atoms with Gasteiger partial charge in [0.05, 0.1) is 37.2 Å². The number of nitrogens with zero attached hydrogens (tertiary/aromatic N) is 5. The van der Waals surface area contributed by atoms with Crippen LogP contribution in [0.2, 0.25) is 0 Å². The molecule has 1 saturated carbocycles. The van der Waals surface area contributed by atoms with E-state index in [1.54, 1.807) is 37.4 Å². The number of fused-ring (bicyclic) bond motifs is 1. The van der Waals surface area contributed by atoms with Crippen LogP contribution in [-0.2, 0) is 14.1 Å². The maximum absolute atomic E-state index is 12.3. The summed E-state index contributed by atoms with van der Waals surface area (Å²) in [5.74, 6) is 2.19. The van der Waals surface area contributed by atoms with E-state index in [4.69, 9.17) is 9.47 Å². The monoisotopic (exact) mass is 478 g/mol. The molecule has 3 aromatic rings. The van der Waals surface area contributed by atoms with Gasteiger partial charge in [0.2, 0.25) is 5.88 Å². The fraction of sp³-hybridized carbons (Fsp3) is 0.522. The number of aromatic nitrogens is 4. The van der Waals surface area contributed by atoms with Gasteiger partial charge in [0.15, 0.2) is 5.82 Å². The maximum Gasteiger partial charge on any atom is 0.390 e. The molecular formula is C23H29F3N6O2. The Balaban J connectivity index is 1.41. The quantitative estimate of drug-likeness (QED) is 0.460. The largest absolute Gasteiger partial charge is 0.490 e. The van der Waals surface area contributed by atoms with E-state index in [9.17, 15) is 13.2 Å². The fourth-order valence-electron chi connectivity index (χ4n) is 4.17. The van der Waals surface area contributed by atoms with E-state index in [1.807, 2.05) is 23.7 Å². The molecule has 0 amide bonds. The van der Waals surface area contributed by atoms with Crippen LogP contribution in [0.5, 0.6) is 11.6 Å². The van der Waals surface area contributed by atoms with Crippen molar-refractivity contribution in [3.8, 4) is 11.6 Å². The van der Waals surface area contributed by atoms with Crippen molar-refractivity contribution in [1.29, 1.82) is 0 Å². The molecule has 1 aromatic carbocycles. The number of benzene rings is 1. The Bertz CT molecular complexity index is 1150. The molecule has 4 rings (SSSR count). The predicted molar refractivity (Wildman–Crippen MR) is 124 cm³/mol. The minimum Gasteiger partial charge on any atom is -0.490 e. The molecule has 1 fully saturated rings. The van der Waals surface area contributed by atoms with Crippen molar-refractivity contribution < 1.29 is 22.6 Å². The Labute approximate surface area is 195 Å². The summed E-state index contributed by atoms with van der Waals surface area (Å²) in [6.45, 7) is -0.206. The lowest BCUT2D eigenvalue weighted by molar-refractivity contribution is -0.132. The zero-order chi connectivity index (χ0) is 24.3. The number of anilines is 2. The molecule has 0 bridgehead atoms. The summed E-state index contributed by atoms with van der Waals surface area (Å²) in [5, 5.41) is 7.73. The molecule has 1 aliphatic carbocycles. The molecule has 0 aliphatic heterocycles. The van der Waals surface area contributed by atoms with Crippen molar-refractivity contribution in [3.63, 3.8) is 0 Å². The van der Waals surface area contributed by atoms with E-state index < -0.39 is 12.6 Å². The van der Waals surface area contributed by atoms with Gasteiger partial charge in [-0.1, -0.05) is 0 Å². The zero-order valence-corrected chi connectivity index (χ0v) is 19.5. The normalized spacial score (nSPS) is 19.1. The Morgan fingerprint density at radius 2 is 1.94 bits per heavy atom. The summed E-state index contributed by atoms with van der Waals surface area (Å²) < 4.78 is 51.9. The second kappa shape index (κ2) is 9.94. The molecule has 1 aliphatic rings. The number of rotatable bonds is 8. The molecule has 0 unspecified atom stereocenters. The molecule has 2 heterocycles. The van der Waals surface area contributed by atoms with Crippen LogP contribution in [-0.4, -0.2) is 51.5 Å². The number of nitrogens with one attached hydrogen (secondary N) is 1. The molecule has 0 atom stereocenters. The Kier molecular flexibility index (Phi) is 6.99. The van der Waals surface area contributed by atoms with Gasteiger partial charge >= 0.3 is 6.18 Å². The summed E-state index contributed by atoms with van der Waals surface area (Å²) in [5.41, 5.74) is 2.51. The third kappa shape index (κ3) is 5.81. The van der Waals surface area contributed by atoms with E-state index in [-0.39, 0.29) is 18.6 Å². The lowest BCUT2D eigenvalue weighted by atomic mass is 9.88. The molecule has 184 valence electrons. The highest BCUT2D eigenvalue weighted by Crippen LogP contribution is 2.33. The zero-order valence-electron chi connectivity index (χ0n) is 19.5. The van der Waals surface area contributed by atoms with E-state index >= 15 is 0 Å². The number of methoxy groups -OCH3 is 1. The summed E-state index contributed by atoms with van der Waals surface area (Å²) in [7, 11) is 5.32. The number of aliphatic imine (C=N–C) groups is 1. The summed E-state index contributed by atoms with van der Waals surface area (Å²) in [6.07, 6.45) is 1.76. The average Bonchev–Trinajstić information content (AvgIpc) is 3.33. The third-order valence-electron chi connectivity index (χ3n) is 5.97. The molecule has 2 aromatic heterocycles. The van der Waals surface area contributed by atoms with Crippen LogP contribution in [0, 0.1) is 5.92 Å². The molecule has 34 heavy (non-hydrogen) atoms. The first-order valence-electron chi connectivity index (χ1n) is 11.3. The predicted octanol–water partition coefficient (Wildman–Crippen LogP) is 5.02. The van der Waals surface area contributed by atoms with E-state index in [1.165, 1.54) is 0 Å². The number of ether oxygens (including phenoxy) is 2. The number of imidazole rings is 1. The van der Waals surface area contributed by atoms with Crippen molar-refractivity contribution in [1.82, 2.24) is 19.3 Å². The van der Waals surface area contributed by atoms with Gasteiger partial charge in [0.25, 0.3) is 0 Å². The van der Waals surface area contributed by atoms with Crippen molar-refractivity contribution in [3.05, 3.63) is 24.5 Å². The van der Waals surface area contributed by atoms with Gasteiger partial charge in [-0.15, -0.1) is 0 Å². The highest BCUT2D eigenvalue weighted by molar-refractivity contribution is 5.91. The molecule has 0 radical (unpaired) electrons. The smallest absolute Gasteiger partial charge is 0.390 e. The number of hydrogen-bond acceptors (Lipinski definition) is 6. The highest BCUT2D eigenvalue weighted by atomic mass is 19.4. The van der Waals surface area contributed by atoms with E-state index in [0.717, 1.165) is 48.2 Å². The first-order valence-corrected chi connectivity index (χ1v) is 11.3. The lowest BCUT2D eigenvalue weighted by Gasteiger charge is -2.27. The number of aryl methyl sites for hydroxylation is 2. The topological polar surface area (TPSA) is 78.5 Å². The number of hydrogen-bond donors (Lipinski definition) is 1. The van der Waals surface area contributed by atoms with Crippen LogP contribution in [0.1, 0.15) is 32.1 Å². The first-order chi connectivity index (χ1) is 16.2. The molecule has 0 spiro atoms. The molecular weight excluding hydrogens is 449 g/mol. The second-order valence-electron chi connectivity index (χ2n) is 8.59.